The molecule has 0 aliphatic carbocycles. The van der Waals surface area contributed by atoms with E-state index in [1.54, 1.807) is 56.3 Å². The zero-order valence-electron chi connectivity index (χ0n) is 20.4. The van der Waals surface area contributed by atoms with Crippen LogP contribution in [-0.4, -0.2) is 52.0 Å². The Labute approximate surface area is 211 Å². The van der Waals surface area contributed by atoms with Crippen LogP contribution in [0.4, 0.5) is 15.5 Å². The van der Waals surface area contributed by atoms with Crippen LogP contribution in [0.1, 0.15) is 36.7 Å². The molecular weight excluding hydrogens is 509 g/mol. The number of methoxy groups -OCH3 is 1. The Morgan fingerprint density at radius 1 is 1.05 bits per heavy atom. The van der Waals surface area contributed by atoms with E-state index in [2.05, 4.69) is 15.0 Å². The number of ether oxygens (including phenoxy) is 3. The summed E-state index contributed by atoms with van der Waals surface area (Å²) in [5.74, 6) is -0.329. The predicted octanol–water partition coefficient (Wildman–Crippen LogP) is 4.44. The van der Waals surface area contributed by atoms with E-state index in [1.807, 2.05) is 0 Å². The van der Waals surface area contributed by atoms with Crippen molar-refractivity contribution in [2.24, 2.45) is 0 Å². The molecule has 37 heavy (non-hydrogen) atoms. The van der Waals surface area contributed by atoms with Crippen LogP contribution in [0.15, 0.2) is 48.5 Å². The third kappa shape index (κ3) is 7.61. The molecule has 0 saturated heterocycles. The van der Waals surface area contributed by atoms with Gasteiger partial charge >= 0.3 is 20.1 Å². The maximum absolute atomic E-state index is 12.8. The zero-order valence-corrected chi connectivity index (χ0v) is 21.3. The second-order valence-corrected chi connectivity index (χ2v) is 9.22. The third-order valence-electron chi connectivity index (χ3n) is 4.67. The van der Waals surface area contributed by atoms with Crippen LogP contribution in [0, 0.1) is 0 Å². The number of aromatic nitrogens is 2. The fourth-order valence-corrected chi connectivity index (χ4v) is 3.86. The highest BCUT2D eigenvalue weighted by molar-refractivity contribution is 7.47. The lowest BCUT2D eigenvalue weighted by molar-refractivity contribution is -0.0751. The Hall–Kier alpha value is -3.77. The van der Waals surface area contributed by atoms with Crippen molar-refractivity contribution in [3.63, 3.8) is 0 Å². The van der Waals surface area contributed by atoms with Crippen LogP contribution >= 0.6 is 7.82 Å². The van der Waals surface area contributed by atoms with Gasteiger partial charge in [-0.1, -0.05) is 30.3 Å². The van der Waals surface area contributed by atoms with Crippen LogP contribution in [0.5, 0.6) is 0 Å². The number of ketones is 1. The van der Waals surface area contributed by atoms with Gasteiger partial charge in [-0.05, 0) is 39.0 Å². The number of amides is 1. The Morgan fingerprint density at radius 3 is 2.41 bits per heavy atom. The molecule has 0 saturated carbocycles. The molecule has 2 atom stereocenters. The number of nitrogens with zero attached hydrogens (tertiary/aromatic N) is 2. The number of imidazole rings is 1. The lowest BCUT2D eigenvalue weighted by atomic mass is 10.0. The molecule has 0 spiro atoms. The van der Waals surface area contributed by atoms with E-state index in [0.717, 1.165) is 7.11 Å². The summed E-state index contributed by atoms with van der Waals surface area (Å²) in [4.78, 5) is 50.6. The molecule has 14 heteroatoms. The van der Waals surface area contributed by atoms with E-state index >= 15 is 0 Å². The summed E-state index contributed by atoms with van der Waals surface area (Å²) < 4.78 is 37.7. The molecule has 3 rings (SSSR count). The maximum atomic E-state index is 12.8. The first-order valence-corrected chi connectivity index (χ1v) is 12.5. The highest BCUT2D eigenvalue weighted by atomic mass is 31.2. The van der Waals surface area contributed by atoms with Crippen molar-refractivity contribution in [1.29, 1.82) is 0 Å². The molecule has 2 unspecified atom stereocenters. The molecule has 2 N–H and O–H groups in total. The van der Waals surface area contributed by atoms with Crippen molar-refractivity contribution in [1.82, 2.24) is 9.55 Å². The minimum Gasteiger partial charge on any atom is -0.453 e. The number of rotatable bonds is 10. The van der Waals surface area contributed by atoms with Crippen LogP contribution < -0.4 is 5.32 Å². The van der Waals surface area contributed by atoms with E-state index in [-0.39, 0.29) is 11.7 Å². The lowest BCUT2D eigenvalue weighted by Crippen LogP contribution is -2.21. The highest BCUT2D eigenvalue weighted by Crippen LogP contribution is 2.45. The fourth-order valence-electron chi connectivity index (χ4n) is 3.12. The van der Waals surface area contributed by atoms with Gasteiger partial charge < -0.3 is 19.1 Å². The molecule has 1 heterocycles. The van der Waals surface area contributed by atoms with E-state index in [9.17, 15) is 23.8 Å². The van der Waals surface area contributed by atoms with Gasteiger partial charge in [-0.2, -0.15) is 0 Å². The molecule has 13 nitrogen and oxygen atoms in total. The van der Waals surface area contributed by atoms with Crippen LogP contribution in [0.3, 0.4) is 0 Å². The Kier molecular flexibility index (Phi) is 9.00. The van der Waals surface area contributed by atoms with Gasteiger partial charge in [-0.3, -0.25) is 19.2 Å². The molecular formula is C23H26N3O10P. The molecule has 0 bridgehead atoms. The van der Waals surface area contributed by atoms with Crippen molar-refractivity contribution in [3.8, 4) is 0 Å². The first kappa shape index (κ1) is 27.8. The standard InChI is InChI=1S/C23H26N3O10P/c1-14(2)34-23(29)35-15(3)36-37(30,31)33-13-26-19-11-10-17(20(27)16-8-6-5-7-9-16)12-18(19)24-21(26)25-22(28)32-4/h5-12,14-15H,13H2,1-4H3,(H,30,31)(H,24,25,28). The number of benzene rings is 2. The summed E-state index contributed by atoms with van der Waals surface area (Å²) in [7, 11) is -3.61. The number of hydrogen-bond acceptors (Lipinski definition) is 10. The minimum absolute atomic E-state index is 0.0871. The predicted molar refractivity (Wildman–Crippen MR) is 130 cm³/mol. The molecule has 0 aliphatic rings. The number of anilines is 1. The first-order valence-electron chi connectivity index (χ1n) is 11.0. The van der Waals surface area contributed by atoms with Crippen molar-refractivity contribution >= 4 is 42.8 Å². The summed E-state index contributed by atoms with van der Waals surface area (Å²) in [6.45, 7) is 3.79. The van der Waals surface area contributed by atoms with Gasteiger partial charge in [0.2, 0.25) is 12.2 Å². The van der Waals surface area contributed by atoms with Gasteiger partial charge in [0.15, 0.2) is 5.78 Å². The van der Waals surface area contributed by atoms with Crippen LogP contribution in [0.2, 0.25) is 0 Å². The number of carbonyl (C=O) groups excluding carboxylic acids is 3. The summed E-state index contributed by atoms with van der Waals surface area (Å²) in [5.41, 5.74) is 1.47. The van der Waals surface area contributed by atoms with E-state index in [1.165, 1.54) is 17.6 Å². The quantitative estimate of drug-likeness (QED) is 0.163. The van der Waals surface area contributed by atoms with Crippen molar-refractivity contribution in [3.05, 3.63) is 59.7 Å². The van der Waals surface area contributed by atoms with Crippen molar-refractivity contribution < 1.29 is 47.1 Å². The molecule has 0 aliphatic heterocycles. The largest absolute Gasteiger partial charge is 0.510 e. The second-order valence-electron chi connectivity index (χ2n) is 7.81. The maximum Gasteiger partial charge on any atom is 0.510 e. The molecule has 0 radical (unpaired) electrons. The molecule has 1 aromatic heterocycles. The SMILES string of the molecule is COC(=O)Nc1nc2cc(C(=O)c3ccccc3)ccc2n1COP(=O)(O)OC(C)OC(=O)OC(C)C. The van der Waals surface area contributed by atoms with Crippen LogP contribution in [0.25, 0.3) is 11.0 Å². The highest BCUT2D eigenvalue weighted by Gasteiger charge is 2.28. The number of phosphoric ester groups is 1. The Balaban J connectivity index is 1.82. The number of carbonyl (C=O) groups is 3. The van der Waals surface area contributed by atoms with E-state index in [4.69, 9.17) is 18.5 Å². The zero-order chi connectivity index (χ0) is 27.2. The fraction of sp³-hybridized carbons (Fsp3) is 0.304. The molecule has 2 aromatic carbocycles. The normalized spacial score (nSPS) is 13.6. The van der Waals surface area contributed by atoms with E-state index in [0.29, 0.717) is 22.2 Å². The van der Waals surface area contributed by atoms with Gasteiger partial charge in [-0.25, -0.2) is 23.7 Å². The molecule has 1 amide bonds. The molecule has 0 fully saturated rings. The van der Waals surface area contributed by atoms with Crippen LogP contribution in [-0.2, 0) is 34.6 Å². The van der Waals surface area contributed by atoms with Gasteiger partial charge in [0.05, 0.1) is 24.2 Å². The third-order valence-corrected chi connectivity index (χ3v) is 5.68. The average Bonchev–Trinajstić information content (AvgIpc) is 3.17. The van der Waals surface area contributed by atoms with Gasteiger partial charge in [0.25, 0.3) is 0 Å². The summed E-state index contributed by atoms with van der Waals surface area (Å²) >= 11 is 0. The van der Waals surface area contributed by atoms with E-state index < -0.39 is 39.2 Å². The summed E-state index contributed by atoms with van der Waals surface area (Å²) in [5, 5.41) is 2.38. The van der Waals surface area contributed by atoms with Crippen molar-refractivity contribution in [2.45, 2.75) is 39.9 Å². The van der Waals surface area contributed by atoms with Crippen molar-refractivity contribution in [2.75, 3.05) is 12.4 Å². The monoisotopic (exact) mass is 535 g/mol. The van der Waals surface area contributed by atoms with Gasteiger partial charge in [0, 0.05) is 11.1 Å². The summed E-state index contributed by atoms with van der Waals surface area (Å²) in [6, 6.07) is 13.2. The Bertz CT molecular complexity index is 1330. The summed E-state index contributed by atoms with van der Waals surface area (Å²) in [6.07, 6.45) is -3.88. The van der Waals surface area contributed by atoms with Gasteiger partial charge in [-0.15, -0.1) is 0 Å². The van der Waals surface area contributed by atoms with Gasteiger partial charge in [0.1, 0.15) is 6.73 Å². The lowest BCUT2D eigenvalue weighted by Gasteiger charge is -2.19. The average molecular weight is 535 g/mol. The minimum atomic E-state index is -4.76. The number of hydrogen-bond donors (Lipinski definition) is 2. The smallest absolute Gasteiger partial charge is 0.453 e. The number of phosphoric acid groups is 1. The Morgan fingerprint density at radius 2 is 1.76 bits per heavy atom. The second kappa shape index (κ2) is 12.0. The number of nitrogens with one attached hydrogen (secondary N) is 1. The number of fused-ring (bicyclic) bond motifs is 1. The molecule has 3 aromatic rings. The topological polar surface area (TPSA) is 165 Å². The molecule has 198 valence electrons. The first-order chi connectivity index (χ1) is 17.5.